The number of furan rings is 1. The van der Waals surface area contributed by atoms with Crippen molar-refractivity contribution in [1.82, 2.24) is 0 Å². The van der Waals surface area contributed by atoms with Crippen molar-refractivity contribution in [3.05, 3.63) is 63.7 Å². The van der Waals surface area contributed by atoms with Crippen LogP contribution in [0.1, 0.15) is 28.8 Å². The van der Waals surface area contributed by atoms with Crippen LogP contribution in [0.4, 0.5) is 5.69 Å². The van der Waals surface area contributed by atoms with Gasteiger partial charge in [0.1, 0.15) is 5.76 Å². The number of aryl methyl sites for hydroxylation is 2. The lowest BCUT2D eigenvalue weighted by atomic mass is 10.2. The van der Waals surface area contributed by atoms with E-state index in [1.54, 1.807) is 12.1 Å². The van der Waals surface area contributed by atoms with Crippen LogP contribution < -0.4 is 5.32 Å². The first-order chi connectivity index (χ1) is 9.45. The molecule has 1 N–H and O–H groups in total. The minimum Gasteiger partial charge on any atom is -0.458 e. The molecule has 1 aromatic carbocycles. The number of rotatable bonds is 4. The lowest BCUT2D eigenvalue weighted by Crippen LogP contribution is -2.00. The quantitative estimate of drug-likeness (QED) is 0.641. The van der Waals surface area contributed by atoms with Gasteiger partial charge in [0.05, 0.1) is 0 Å². The monoisotopic (exact) mass is 333 g/mol. The summed E-state index contributed by atoms with van der Waals surface area (Å²) in [6.45, 7) is 5.69. The predicted molar refractivity (Wildman–Crippen MR) is 84.0 cm³/mol. The first-order valence-electron chi connectivity index (χ1n) is 6.28. The molecule has 0 saturated heterocycles. The molecule has 104 valence electrons. The van der Waals surface area contributed by atoms with Crippen LogP contribution in [-0.2, 0) is 0 Å². The topological polar surface area (TPSA) is 42.2 Å². The van der Waals surface area contributed by atoms with E-state index in [0.717, 1.165) is 27.2 Å². The first kappa shape index (κ1) is 14.6. The summed E-state index contributed by atoms with van der Waals surface area (Å²) < 4.78 is 6.36. The van der Waals surface area contributed by atoms with E-state index < -0.39 is 0 Å². The Morgan fingerprint density at radius 2 is 2.00 bits per heavy atom. The minimum absolute atomic E-state index is 0.142. The average molecular weight is 334 g/mol. The Morgan fingerprint density at radius 3 is 2.60 bits per heavy atom. The number of benzene rings is 1. The van der Waals surface area contributed by atoms with Gasteiger partial charge in [0, 0.05) is 21.9 Å². The second-order valence-electron chi connectivity index (χ2n) is 4.69. The molecule has 2 aromatic rings. The Labute approximate surface area is 126 Å². The second-order valence-corrected chi connectivity index (χ2v) is 5.55. The Balaban J connectivity index is 2.10. The summed E-state index contributed by atoms with van der Waals surface area (Å²) in [5.41, 5.74) is 2.85. The summed E-state index contributed by atoms with van der Waals surface area (Å²) in [6, 6.07) is 9.41. The molecular formula is C16H16BrNO2. The molecule has 0 atom stereocenters. The first-order valence-corrected chi connectivity index (χ1v) is 7.07. The van der Waals surface area contributed by atoms with Crippen LogP contribution in [0.25, 0.3) is 0 Å². The standard InChI is InChI=1S/C16H16BrNO2/c1-10-8-13(5-6-14(10)17)18-11(2)9-15(19)16-7-4-12(3)20-16/h4-9,18H,1-3H3. The maximum Gasteiger partial charge on any atom is 0.222 e. The molecule has 0 unspecified atom stereocenters. The maximum absolute atomic E-state index is 12.0. The molecule has 0 bridgehead atoms. The van der Waals surface area contributed by atoms with Crippen LogP contribution >= 0.6 is 15.9 Å². The van der Waals surface area contributed by atoms with Crippen LogP contribution in [0.2, 0.25) is 0 Å². The van der Waals surface area contributed by atoms with Crippen molar-refractivity contribution in [2.24, 2.45) is 0 Å². The van der Waals surface area contributed by atoms with Crippen molar-refractivity contribution in [1.29, 1.82) is 0 Å². The normalized spacial score (nSPS) is 11.5. The number of nitrogens with one attached hydrogen (secondary N) is 1. The molecule has 0 spiro atoms. The minimum atomic E-state index is -0.142. The number of carbonyl (C=O) groups is 1. The second kappa shape index (κ2) is 6.09. The summed E-state index contributed by atoms with van der Waals surface area (Å²) >= 11 is 3.46. The van der Waals surface area contributed by atoms with Gasteiger partial charge in [0.2, 0.25) is 5.78 Å². The highest BCUT2D eigenvalue weighted by molar-refractivity contribution is 9.10. The lowest BCUT2D eigenvalue weighted by Gasteiger charge is -2.08. The van der Waals surface area contributed by atoms with Gasteiger partial charge in [0.25, 0.3) is 0 Å². The highest BCUT2D eigenvalue weighted by atomic mass is 79.9. The summed E-state index contributed by atoms with van der Waals surface area (Å²) in [4.78, 5) is 12.0. The molecule has 0 fully saturated rings. The van der Waals surface area contributed by atoms with E-state index in [9.17, 15) is 4.79 Å². The fourth-order valence-corrected chi connectivity index (χ4v) is 2.07. The van der Waals surface area contributed by atoms with E-state index >= 15 is 0 Å². The van der Waals surface area contributed by atoms with Crippen molar-refractivity contribution in [2.75, 3.05) is 5.32 Å². The van der Waals surface area contributed by atoms with Crippen molar-refractivity contribution in [3.63, 3.8) is 0 Å². The van der Waals surface area contributed by atoms with E-state index in [0.29, 0.717) is 5.76 Å². The third kappa shape index (κ3) is 3.61. The number of hydrogen-bond acceptors (Lipinski definition) is 3. The average Bonchev–Trinajstić information content (AvgIpc) is 2.80. The zero-order valence-electron chi connectivity index (χ0n) is 11.7. The number of ketones is 1. The third-order valence-electron chi connectivity index (χ3n) is 2.83. The van der Waals surface area contributed by atoms with Crippen molar-refractivity contribution >= 4 is 27.4 Å². The van der Waals surface area contributed by atoms with Gasteiger partial charge in [0.15, 0.2) is 5.76 Å². The van der Waals surface area contributed by atoms with E-state index in [2.05, 4.69) is 21.2 Å². The number of carbonyl (C=O) groups excluding carboxylic acids is 1. The summed E-state index contributed by atoms with van der Waals surface area (Å²) in [7, 11) is 0. The van der Waals surface area contributed by atoms with E-state index in [4.69, 9.17) is 4.42 Å². The number of halogens is 1. The molecule has 4 heteroatoms. The van der Waals surface area contributed by atoms with Gasteiger partial charge in [-0.3, -0.25) is 4.79 Å². The predicted octanol–water partition coefficient (Wildman–Crippen LogP) is 4.86. The molecule has 2 rings (SSSR count). The highest BCUT2D eigenvalue weighted by Gasteiger charge is 2.07. The van der Waals surface area contributed by atoms with E-state index in [1.807, 2.05) is 39.0 Å². The van der Waals surface area contributed by atoms with Crippen molar-refractivity contribution in [3.8, 4) is 0 Å². The highest BCUT2D eigenvalue weighted by Crippen LogP contribution is 2.21. The van der Waals surface area contributed by atoms with Crippen LogP contribution in [0, 0.1) is 13.8 Å². The van der Waals surface area contributed by atoms with Gasteiger partial charge in [-0.25, -0.2) is 0 Å². The fourth-order valence-electron chi connectivity index (χ4n) is 1.82. The molecule has 0 aliphatic heterocycles. The van der Waals surface area contributed by atoms with Gasteiger partial charge in [-0.15, -0.1) is 0 Å². The number of allylic oxidation sites excluding steroid dienone is 2. The van der Waals surface area contributed by atoms with Crippen LogP contribution in [0.5, 0.6) is 0 Å². The van der Waals surface area contributed by atoms with Gasteiger partial charge < -0.3 is 9.73 Å². The number of hydrogen-bond donors (Lipinski definition) is 1. The molecule has 1 heterocycles. The molecule has 0 amide bonds. The summed E-state index contributed by atoms with van der Waals surface area (Å²) in [5.74, 6) is 0.948. The SMILES string of the molecule is CC(=CC(=O)c1ccc(C)o1)Nc1ccc(Br)c(C)c1. The largest absolute Gasteiger partial charge is 0.458 e. The molecule has 0 radical (unpaired) electrons. The fraction of sp³-hybridized carbons (Fsp3) is 0.188. The Hall–Kier alpha value is -1.81. The summed E-state index contributed by atoms with van der Waals surface area (Å²) in [6.07, 6.45) is 1.54. The molecule has 0 aliphatic rings. The molecular weight excluding hydrogens is 318 g/mol. The Bertz CT molecular complexity index is 671. The molecule has 0 aliphatic carbocycles. The van der Waals surface area contributed by atoms with Gasteiger partial charge >= 0.3 is 0 Å². The molecule has 0 saturated carbocycles. The molecule has 3 nitrogen and oxygen atoms in total. The van der Waals surface area contributed by atoms with Crippen LogP contribution in [0.3, 0.4) is 0 Å². The van der Waals surface area contributed by atoms with E-state index in [-0.39, 0.29) is 5.78 Å². The zero-order valence-corrected chi connectivity index (χ0v) is 13.2. The molecule has 1 aromatic heterocycles. The Morgan fingerprint density at radius 1 is 1.25 bits per heavy atom. The van der Waals surface area contributed by atoms with Crippen LogP contribution in [-0.4, -0.2) is 5.78 Å². The van der Waals surface area contributed by atoms with E-state index in [1.165, 1.54) is 6.08 Å². The van der Waals surface area contributed by atoms with Gasteiger partial charge in [-0.05, 0) is 56.7 Å². The molecule has 20 heavy (non-hydrogen) atoms. The van der Waals surface area contributed by atoms with Crippen molar-refractivity contribution in [2.45, 2.75) is 20.8 Å². The number of anilines is 1. The Kier molecular flexibility index (Phi) is 4.45. The zero-order chi connectivity index (χ0) is 14.7. The van der Waals surface area contributed by atoms with Gasteiger partial charge in [-0.1, -0.05) is 15.9 Å². The summed E-state index contributed by atoms with van der Waals surface area (Å²) in [5, 5.41) is 3.20. The van der Waals surface area contributed by atoms with Crippen molar-refractivity contribution < 1.29 is 9.21 Å². The third-order valence-corrected chi connectivity index (χ3v) is 3.72. The smallest absolute Gasteiger partial charge is 0.222 e. The van der Waals surface area contributed by atoms with Gasteiger partial charge in [-0.2, -0.15) is 0 Å². The van der Waals surface area contributed by atoms with Crippen LogP contribution in [0.15, 0.2) is 51.0 Å². The lowest BCUT2D eigenvalue weighted by molar-refractivity contribution is 0.102. The maximum atomic E-state index is 12.0.